The van der Waals surface area contributed by atoms with E-state index in [4.69, 9.17) is 4.74 Å². The maximum atomic E-state index is 6.93. The molecule has 4 aromatic carbocycles. The van der Waals surface area contributed by atoms with Crippen LogP contribution in [0.25, 0.3) is 43.6 Å². The van der Waals surface area contributed by atoms with Crippen molar-refractivity contribution in [3.05, 3.63) is 77.5 Å². The summed E-state index contributed by atoms with van der Waals surface area (Å²) in [7, 11) is 2.17. The molecule has 1 aromatic heterocycles. The number of ether oxygens (including phenoxy) is 1. The lowest BCUT2D eigenvalue weighted by molar-refractivity contribution is -0.659. The number of rotatable bonds is 3. The van der Waals surface area contributed by atoms with Crippen LogP contribution in [0.3, 0.4) is 0 Å². The molecule has 0 atom stereocenters. The smallest absolute Gasteiger partial charge is 0.228 e. The van der Waals surface area contributed by atoms with Crippen LogP contribution in [-0.4, -0.2) is 0 Å². The first kappa shape index (κ1) is 23.0. The third-order valence-electron chi connectivity index (χ3n) is 7.59. The van der Waals surface area contributed by atoms with E-state index in [1.54, 1.807) is 0 Å². The Kier molecular flexibility index (Phi) is 5.16. The van der Waals surface area contributed by atoms with Crippen LogP contribution in [0, 0.1) is 18.3 Å². The molecule has 0 spiro atoms. The summed E-state index contributed by atoms with van der Waals surface area (Å²) in [5, 5.41) is 7.68. The largest absolute Gasteiger partial charge is 0.455 e. The Morgan fingerprint density at radius 3 is 2.36 bits per heavy atom. The first-order valence-electron chi connectivity index (χ1n) is 13.2. The number of hydrogen-bond donors (Lipinski definition) is 0. The molecule has 0 fully saturated rings. The SMILES string of the molecule is Cc1c2c(c(CC(C)C)c3ccccc13)Oc1cc3ccc(CC(C)(C)C)cc3c3cc[n+](C)c-2c13. The van der Waals surface area contributed by atoms with E-state index in [0.29, 0.717) is 5.92 Å². The van der Waals surface area contributed by atoms with Crippen LogP contribution in [0.2, 0.25) is 0 Å². The van der Waals surface area contributed by atoms with Gasteiger partial charge in [-0.1, -0.05) is 77.1 Å². The molecule has 2 nitrogen and oxygen atoms in total. The molecule has 182 valence electrons. The van der Waals surface area contributed by atoms with Crippen molar-refractivity contribution in [2.45, 2.75) is 54.4 Å². The molecule has 1 aliphatic rings. The van der Waals surface area contributed by atoms with Crippen molar-refractivity contribution < 1.29 is 9.30 Å². The molecule has 0 saturated heterocycles. The first-order chi connectivity index (χ1) is 17.1. The molecule has 0 amide bonds. The van der Waals surface area contributed by atoms with Gasteiger partial charge >= 0.3 is 0 Å². The molecule has 2 heterocycles. The van der Waals surface area contributed by atoms with Crippen LogP contribution in [0.5, 0.6) is 11.5 Å². The van der Waals surface area contributed by atoms with Gasteiger partial charge < -0.3 is 4.74 Å². The fourth-order valence-corrected chi connectivity index (χ4v) is 6.17. The molecule has 0 radical (unpaired) electrons. The van der Waals surface area contributed by atoms with Crippen molar-refractivity contribution in [1.82, 2.24) is 0 Å². The summed E-state index contributed by atoms with van der Waals surface area (Å²) in [6.45, 7) is 13.8. The van der Waals surface area contributed by atoms with Crippen LogP contribution in [-0.2, 0) is 19.9 Å². The zero-order chi connectivity index (χ0) is 25.4. The maximum Gasteiger partial charge on any atom is 0.228 e. The Balaban J connectivity index is 1.72. The number of hydrogen-bond acceptors (Lipinski definition) is 1. The second-order valence-electron chi connectivity index (χ2n) is 12.3. The predicted octanol–water partition coefficient (Wildman–Crippen LogP) is 8.84. The second-order valence-corrected chi connectivity index (χ2v) is 12.3. The van der Waals surface area contributed by atoms with Gasteiger partial charge in [-0.3, -0.25) is 0 Å². The standard InChI is InChI=1S/C34H36NO/c1-20(2)16-28-25-11-9-8-10-24(25)21(3)30-32-31-26(14-15-35(32)7)27-17-22(19-34(4,5)6)12-13-23(27)18-29(31)36-33(28)30/h8-15,17-18,20H,16,19H2,1-7H3/q+1. The van der Waals surface area contributed by atoms with Gasteiger partial charge in [0.25, 0.3) is 0 Å². The highest BCUT2D eigenvalue weighted by molar-refractivity contribution is 6.16. The normalized spacial score (nSPS) is 13.0. The van der Waals surface area contributed by atoms with E-state index in [2.05, 4.69) is 114 Å². The fourth-order valence-electron chi connectivity index (χ4n) is 6.17. The highest BCUT2D eigenvalue weighted by atomic mass is 16.5. The average molecular weight is 475 g/mol. The minimum Gasteiger partial charge on any atom is -0.455 e. The van der Waals surface area contributed by atoms with Crippen molar-refractivity contribution in [2.24, 2.45) is 18.4 Å². The van der Waals surface area contributed by atoms with E-state index in [1.165, 1.54) is 60.3 Å². The van der Waals surface area contributed by atoms with Crippen LogP contribution in [0.1, 0.15) is 51.3 Å². The Morgan fingerprint density at radius 2 is 1.64 bits per heavy atom. The molecule has 5 aromatic rings. The molecule has 1 aliphatic heterocycles. The fraction of sp³-hybridized carbons (Fsp3) is 0.324. The lowest BCUT2D eigenvalue weighted by atomic mass is 9.85. The zero-order valence-corrected chi connectivity index (χ0v) is 22.6. The molecule has 6 rings (SSSR count). The summed E-state index contributed by atoms with van der Waals surface area (Å²) in [6.07, 6.45) is 4.27. The molecule has 0 aliphatic carbocycles. The molecule has 0 N–H and O–H groups in total. The van der Waals surface area contributed by atoms with Crippen molar-refractivity contribution in [1.29, 1.82) is 0 Å². The summed E-state index contributed by atoms with van der Waals surface area (Å²) >= 11 is 0. The molecule has 0 unspecified atom stereocenters. The molecule has 0 saturated carbocycles. The first-order valence-corrected chi connectivity index (χ1v) is 13.2. The summed E-state index contributed by atoms with van der Waals surface area (Å²) in [6, 6.07) is 20.3. The van der Waals surface area contributed by atoms with E-state index in [0.717, 1.165) is 24.3 Å². The Labute approximate surface area is 214 Å². The summed E-state index contributed by atoms with van der Waals surface area (Å²) in [4.78, 5) is 0. The van der Waals surface area contributed by atoms with Gasteiger partial charge in [-0.2, -0.15) is 0 Å². The van der Waals surface area contributed by atoms with Crippen molar-refractivity contribution in [3.63, 3.8) is 0 Å². The number of fused-ring (bicyclic) bond motifs is 5. The van der Waals surface area contributed by atoms with Gasteiger partial charge in [0.2, 0.25) is 5.69 Å². The average Bonchev–Trinajstić information content (AvgIpc) is 2.82. The van der Waals surface area contributed by atoms with Crippen LogP contribution >= 0.6 is 0 Å². The lowest BCUT2D eigenvalue weighted by Crippen LogP contribution is -2.32. The van der Waals surface area contributed by atoms with Gasteiger partial charge in [0, 0.05) is 17.0 Å². The van der Waals surface area contributed by atoms with Gasteiger partial charge in [0.15, 0.2) is 6.20 Å². The third-order valence-corrected chi connectivity index (χ3v) is 7.59. The molecular weight excluding hydrogens is 438 g/mol. The summed E-state index contributed by atoms with van der Waals surface area (Å²) in [5.74, 6) is 2.55. The van der Waals surface area contributed by atoms with Gasteiger partial charge in [-0.15, -0.1) is 0 Å². The summed E-state index contributed by atoms with van der Waals surface area (Å²) < 4.78 is 9.22. The number of aromatic nitrogens is 1. The highest BCUT2D eigenvalue weighted by Crippen LogP contribution is 2.52. The maximum absolute atomic E-state index is 6.93. The Bertz CT molecular complexity index is 1680. The molecule has 2 heteroatoms. The van der Waals surface area contributed by atoms with Gasteiger partial charge in [0.05, 0.1) is 10.9 Å². The van der Waals surface area contributed by atoms with Crippen LogP contribution in [0.15, 0.2) is 60.8 Å². The van der Waals surface area contributed by atoms with Crippen LogP contribution < -0.4 is 9.30 Å². The van der Waals surface area contributed by atoms with Crippen molar-refractivity contribution >= 4 is 32.3 Å². The predicted molar refractivity (Wildman–Crippen MR) is 152 cm³/mol. The minimum absolute atomic E-state index is 0.249. The number of nitrogens with zero attached hydrogens (tertiary/aromatic N) is 1. The minimum atomic E-state index is 0.249. The number of pyridine rings is 1. The third kappa shape index (κ3) is 3.58. The van der Waals surface area contributed by atoms with E-state index in [9.17, 15) is 0 Å². The second kappa shape index (κ2) is 8.06. The zero-order valence-electron chi connectivity index (χ0n) is 22.6. The Hall–Kier alpha value is -3.39. The summed E-state index contributed by atoms with van der Waals surface area (Å²) in [5.41, 5.74) is 6.77. The van der Waals surface area contributed by atoms with E-state index in [-0.39, 0.29) is 5.41 Å². The van der Waals surface area contributed by atoms with E-state index >= 15 is 0 Å². The highest BCUT2D eigenvalue weighted by Gasteiger charge is 2.33. The van der Waals surface area contributed by atoms with E-state index in [1.807, 2.05) is 0 Å². The van der Waals surface area contributed by atoms with Gasteiger partial charge in [-0.25, -0.2) is 4.57 Å². The quantitative estimate of drug-likeness (QED) is 0.184. The topological polar surface area (TPSA) is 13.1 Å². The number of benzene rings is 4. The van der Waals surface area contributed by atoms with Gasteiger partial charge in [-0.05, 0) is 69.8 Å². The lowest BCUT2D eigenvalue weighted by Gasteiger charge is -2.26. The van der Waals surface area contributed by atoms with Crippen molar-refractivity contribution in [3.8, 4) is 22.8 Å². The van der Waals surface area contributed by atoms with E-state index < -0.39 is 0 Å². The Morgan fingerprint density at radius 1 is 0.889 bits per heavy atom. The van der Waals surface area contributed by atoms with Gasteiger partial charge in [0.1, 0.15) is 18.5 Å². The van der Waals surface area contributed by atoms with Crippen LogP contribution in [0.4, 0.5) is 0 Å². The van der Waals surface area contributed by atoms with Crippen molar-refractivity contribution in [2.75, 3.05) is 0 Å². The number of aryl methyl sites for hydroxylation is 2. The molecule has 36 heavy (non-hydrogen) atoms. The molecular formula is C34H36NO+. The molecule has 0 bridgehead atoms. The monoisotopic (exact) mass is 474 g/mol.